The van der Waals surface area contributed by atoms with Gasteiger partial charge in [0.15, 0.2) is 0 Å². The smallest absolute Gasteiger partial charge is 0.269 e. The molecule has 2 aromatic rings. The van der Waals surface area contributed by atoms with Crippen LogP contribution in [-0.4, -0.2) is 47.2 Å². The molecule has 0 aromatic heterocycles. The number of nitro groups is 1. The molecule has 0 aliphatic heterocycles. The molecule has 0 radical (unpaired) electrons. The number of nitro benzene ring substituents is 1. The van der Waals surface area contributed by atoms with E-state index in [0.717, 1.165) is 36.1 Å². The molecule has 0 aliphatic rings. The summed E-state index contributed by atoms with van der Waals surface area (Å²) in [6, 6.07) is 14.0. The molecule has 2 N–H and O–H groups in total. The van der Waals surface area contributed by atoms with Gasteiger partial charge in [0.2, 0.25) is 0 Å². The third-order valence-corrected chi connectivity index (χ3v) is 4.56. The summed E-state index contributed by atoms with van der Waals surface area (Å²) >= 11 is 0. The van der Waals surface area contributed by atoms with Gasteiger partial charge >= 0.3 is 0 Å². The Hall–Kier alpha value is -2.74. The molecule has 0 heterocycles. The van der Waals surface area contributed by atoms with Crippen LogP contribution in [-0.2, 0) is 4.74 Å². The second-order valence-corrected chi connectivity index (χ2v) is 6.95. The molecular formula is C23H29NO6. The fourth-order valence-corrected chi connectivity index (χ4v) is 2.76. The molecular weight excluding hydrogens is 386 g/mol. The second-order valence-electron chi connectivity index (χ2n) is 6.95. The Kier molecular flexibility index (Phi) is 10.00. The number of unbranched alkanes of at least 4 members (excludes halogenated alkanes) is 1. The van der Waals surface area contributed by atoms with Gasteiger partial charge in [0.05, 0.1) is 24.7 Å². The van der Waals surface area contributed by atoms with Crippen molar-refractivity contribution in [1.82, 2.24) is 0 Å². The number of benzene rings is 2. The lowest BCUT2D eigenvalue weighted by Gasteiger charge is -2.21. The first kappa shape index (κ1) is 23.5. The first-order valence-electron chi connectivity index (χ1n) is 10.1. The van der Waals surface area contributed by atoms with Crippen molar-refractivity contribution in [2.45, 2.75) is 38.4 Å². The van der Waals surface area contributed by atoms with Crippen LogP contribution in [0.15, 0.2) is 48.5 Å². The van der Waals surface area contributed by atoms with Crippen molar-refractivity contribution in [2.24, 2.45) is 0 Å². The van der Waals surface area contributed by atoms with E-state index in [1.165, 1.54) is 12.1 Å². The molecule has 2 rings (SSSR count). The summed E-state index contributed by atoms with van der Waals surface area (Å²) in [4.78, 5) is 10.3. The first-order chi connectivity index (χ1) is 14.5. The van der Waals surface area contributed by atoms with E-state index in [1.807, 2.05) is 36.4 Å². The SMILES string of the molecule is CCCCC(COC(CO)CO)Oc1ccc(/C=C/c2ccc([N+](=O)[O-])cc2)cc1. The Morgan fingerprint density at radius 1 is 0.967 bits per heavy atom. The minimum Gasteiger partial charge on any atom is -0.488 e. The first-order valence-corrected chi connectivity index (χ1v) is 10.1. The van der Waals surface area contributed by atoms with Gasteiger partial charge in [-0.2, -0.15) is 0 Å². The fourth-order valence-electron chi connectivity index (χ4n) is 2.76. The number of hydrogen-bond acceptors (Lipinski definition) is 6. The third-order valence-electron chi connectivity index (χ3n) is 4.56. The van der Waals surface area contributed by atoms with E-state index in [2.05, 4.69) is 6.92 Å². The van der Waals surface area contributed by atoms with Crippen LogP contribution < -0.4 is 4.74 Å². The van der Waals surface area contributed by atoms with Gasteiger partial charge in [0.1, 0.15) is 18.0 Å². The van der Waals surface area contributed by atoms with Crippen LogP contribution in [0.1, 0.15) is 37.3 Å². The van der Waals surface area contributed by atoms with Gasteiger partial charge in [-0.3, -0.25) is 10.1 Å². The van der Waals surface area contributed by atoms with Crippen LogP contribution in [0.4, 0.5) is 5.69 Å². The molecule has 2 aromatic carbocycles. The predicted octanol–water partition coefficient (Wildman–Crippen LogP) is 4.07. The summed E-state index contributed by atoms with van der Waals surface area (Å²) in [6.45, 7) is 1.95. The molecule has 0 aliphatic carbocycles. The summed E-state index contributed by atoms with van der Waals surface area (Å²) in [7, 11) is 0. The van der Waals surface area contributed by atoms with Crippen LogP contribution >= 0.6 is 0 Å². The number of aliphatic hydroxyl groups excluding tert-OH is 2. The van der Waals surface area contributed by atoms with Crippen LogP contribution in [0.2, 0.25) is 0 Å². The molecule has 0 saturated carbocycles. The molecule has 0 fully saturated rings. The fraction of sp³-hybridized carbons (Fsp3) is 0.391. The van der Waals surface area contributed by atoms with Crippen molar-refractivity contribution in [3.05, 3.63) is 69.8 Å². The highest BCUT2D eigenvalue weighted by Gasteiger charge is 2.14. The Balaban J connectivity index is 1.95. The maximum atomic E-state index is 10.7. The number of hydrogen-bond donors (Lipinski definition) is 2. The van der Waals surface area contributed by atoms with E-state index in [9.17, 15) is 10.1 Å². The molecule has 162 valence electrons. The van der Waals surface area contributed by atoms with Crippen molar-refractivity contribution in [1.29, 1.82) is 0 Å². The van der Waals surface area contributed by atoms with Crippen molar-refractivity contribution in [3.63, 3.8) is 0 Å². The molecule has 1 atom stereocenters. The van der Waals surface area contributed by atoms with Crippen LogP contribution in [0, 0.1) is 10.1 Å². The van der Waals surface area contributed by atoms with E-state index in [-0.39, 0.29) is 25.0 Å². The zero-order chi connectivity index (χ0) is 21.8. The molecule has 7 heteroatoms. The molecule has 1 unspecified atom stereocenters. The zero-order valence-corrected chi connectivity index (χ0v) is 17.1. The Morgan fingerprint density at radius 3 is 2.03 bits per heavy atom. The lowest BCUT2D eigenvalue weighted by Crippen LogP contribution is -2.30. The Labute approximate surface area is 176 Å². The van der Waals surface area contributed by atoms with E-state index in [1.54, 1.807) is 12.1 Å². The summed E-state index contributed by atoms with van der Waals surface area (Å²) in [6.07, 6.45) is 5.92. The summed E-state index contributed by atoms with van der Waals surface area (Å²) in [5, 5.41) is 29.0. The molecule has 0 saturated heterocycles. The number of non-ortho nitro benzene ring substituents is 1. The van der Waals surface area contributed by atoms with Gasteiger partial charge in [-0.1, -0.05) is 37.6 Å². The number of rotatable bonds is 13. The van der Waals surface area contributed by atoms with Crippen LogP contribution in [0.5, 0.6) is 5.75 Å². The van der Waals surface area contributed by atoms with Crippen LogP contribution in [0.25, 0.3) is 12.2 Å². The average molecular weight is 415 g/mol. The minimum atomic E-state index is -0.593. The largest absolute Gasteiger partial charge is 0.488 e. The van der Waals surface area contributed by atoms with E-state index in [0.29, 0.717) is 6.61 Å². The number of ether oxygens (including phenoxy) is 2. The summed E-state index contributed by atoms with van der Waals surface area (Å²) < 4.78 is 11.6. The Morgan fingerprint density at radius 2 is 1.53 bits per heavy atom. The molecule has 30 heavy (non-hydrogen) atoms. The van der Waals surface area contributed by atoms with Crippen molar-refractivity contribution < 1.29 is 24.6 Å². The maximum Gasteiger partial charge on any atom is 0.269 e. The number of nitrogens with zero attached hydrogens (tertiary/aromatic N) is 1. The molecule has 0 spiro atoms. The summed E-state index contributed by atoms with van der Waals surface area (Å²) in [5.41, 5.74) is 1.92. The Bertz CT molecular complexity index is 784. The molecule has 0 amide bonds. The van der Waals surface area contributed by atoms with Crippen molar-refractivity contribution in [2.75, 3.05) is 19.8 Å². The maximum absolute atomic E-state index is 10.7. The van der Waals surface area contributed by atoms with Gasteiger partial charge in [0.25, 0.3) is 5.69 Å². The topological polar surface area (TPSA) is 102 Å². The predicted molar refractivity (Wildman–Crippen MR) is 116 cm³/mol. The lowest BCUT2D eigenvalue weighted by molar-refractivity contribution is -0.384. The quantitative estimate of drug-likeness (QED) is 0.290. The van der Waals surface area contributed by atoms with Crippen molar-refractivity contribution >= 4 is 17.8 Å². The monoisotopic (exact) mass is 415 g/mol. The van der Waals surface area contributed by atoms with Gasteiger partial charge in [0, 0.05) is 12.1 Å². The minimum absolute atomic E-state index is 0.0690. The van der Waals surface area contributed by atoms with Gasteiger partial charge < -0.3 is 19.7 Å². The molecule has 7 nitrogen and oxygen atoms in total. The highest BCUT2D eigenvalue weighted by molar-refractivity contribution is 5.70. The van der Waals surface area contributed by atoms with Gasteiger partial charge in [-0.25, -0.2) is 0 Å². The highest BCUT2D eigenvalue weighted by atomic mass is 16.6. The zero-order valence-electron chi connectivity index (χ0n) is 17.1. The highest BCUT2D eigenvalue weighted by Crippen LogP contribution is 2.19. The van der Waals surface area contributed by atoms with Gasteiger partial charge in [-0.15, -0.1) is 0 Å². The summed E-state index contributed by atoms with van der Waals surface area (Å²) in [5.74, 6) is 0.719. The average Bonchev–Trinajstić information content (AvgIpc) is 2.77. The second kappa shape index (κ2) is 12.7. The van der Waals surface area contributed by atoms with Crippen LogP contribution in [0.3, 0.4) is 0 Å². The molecule has 0 bridgehead atoms. The lowest BCUT2D eigenvalue weighted by atomic mass is 10.1. The van der Waals surface area contributed by atoms with E-state index in [4.69, 9.17) is 19.7 Å². The standard InChI is InChI=1S/C23H29NO6/c1-2-3-4-22(17-29-23(15-25)16-26)30-21-13-9-19(10-14-21)6-5-18-7-11-20(12-8-18)24(27)28/h5-14,22-23,25-26H,2-4,15-17H2,1H3/b6-5+. The number of aliphatic hydroxyl groups is 2. The van der Waals surface area contributed by atoms with Gasteiger partial charge in [-0.05, 0) is 48.2 Å². The van der Waals surface area contributed by atoms with Crippen molar-refractivity contribution in [3.8, 4) is 5.75 Å². The van der Waals surface area contributed by atoms with E-state index >= 15 is 0 Å². The van der Waals surface area contributed by atoms with E-state index < -0.39 is 11.0 Å². The normalized spacial score (nSPS) is 12.4. The third kappa shape index (κ3) is 7.94.